The van der Waals surface area contributed by atoms with E-state index >= 15 is 4.79 Å². The van der Waals surface area contributed by atoms with Crippen molar-refractivity contribution >= 4 is 131 Å². The SMILES string of the molecule is CC1(O)c2ccccc2-c2c(n(-c3ccccc3)c3ccc(-c4ccc5c(c4)c4ccccc4n5-c4ccc(-c5cccc6c(-n7c(=O)c8c(c9cc(-c%10cccc%11c%10oc%10ccccc%10%11)ccc97)c7ccccc7n8-c7ccc8c(c7)c7ccccc7n8-c7ccccc7)cccc56)cc4)cc23)N1c1cccc2c1-c1ccccc1C21c2ccccc2-c2ccccc21. The Morgan fingerprint density at radius 2 is 0.682 bits per heavy atom. The molecular formula is C120H74N6O3. The molecule has 7 heterocycles. The fourth-order valence-corrected chi connectivity index (χ4v) is 23.3. The zero-order chi connectivity index (χ0) is 84.8. The second kappa shape index (κ2) is 26.6. The normalized spacial score (nSPS) is 14.2. The number of nitrogens with zero attached hydrogens (tertiary/aromatic N) is 6. The molecule has 1 spiro atoms. The van der Waals surface area contributed by atoms with E-state index < -0.39 is 11.1 Å². The van der Waals surface area contributed by atoms with Crippen LogP contribution < -0.4 is 10.5 Å². The van der Waals surface area contributed by atoms with Crippen molar-refractivity contribution in [3.8, 4) is 95.2 Å². The lowest BCUT2D eigenvalue weighted by atomic mass is 9.70. The highest BCUT2D eigenvalue weighted by Crippen LogP contribution is 2.66. The van der Waals surface area contributed by atoms with Gasteiger partial charge in [-0.2, -0.15) is 0 Å². The molecule has 19 aromatic carbocycles. The highest BCUT2D eigenvalue weighted by molar-refractivity contribution is 6.23. The molecule has 25 aromatic rings. The fraction of sp³-hybridized carbons (Fsp3) is 0.0250. The minimum Gasteiger partial charge on any atom is -0.455 e. The third-order valence-corrected chi connectivity index (χ3v) is 28.6. The third-order valence-electron chi connectivity index (χ3n) is 28.6. The first-order chi connectivity index (χ1) is 63.7. The summed E-state index contributed by atoms with van der Waals surface area (Å²) in [5.74, 6) is 0.894. The molecule has 2 aliphatic carbocycles. The number of hydrogen-bond acceptors (Lipinski definition) is 4. The molecular weight excluding hydrogens is 1570 g/mol. The summed E-state index contributed by atoms with van der Waals surface area (Å²) in [5.41, 5.74) is 31.7. The largest absolute Gasteiger partial charge is 0.455 e. The van der Waals surface area contributed by atoms with Crippen molar-refractivity contribution in [2.45, 2.75) is 18.1 Å². The van der Waals surface area contributed by atoms with Gasteiger partial charge in [-0.15, -0.1) is 0 Å². The Kier molecular flexibility index (Phi) is 14.8. The zero-order valence-electron chi connectivity index (χ0n) is 69.9. The molecule has 6 aromatic heterocycles. The van der Waals surface area contributed by atoms with Crippen LogP contribution in [0.3, 0.4) is 0 Å². The minimum absolute atomic E-state index is 0.129. The maximum Gasteiger partial charge on any atom is 0.280 e. The average Bonchev–Trinajstić information content (AvgIpc) is 1.50. The first-order valence-electron chi connectivity index (χ1n) is 44.3. The number of fused-ring (bicyclic) bond motifs is 30. The molecule has 0 saturated heterocycles. The van der Waals surface area contributed by atoms with Crippen molar-refractivity contribution in [2.24, 2.45) is 0 Å². The molecule has 9 nitrogen and oxygen atoms in total. The number of anilines is 2. The second-order valence-electron chi connectivity index (χ2n) is 35.0. The highest BCUT2D eigenvalue weighted by atomic mass is 16.3. The molecule has 9 heteroatoms. The van der Waals surface area contributed by atoms with Crippen LogP contribution in [0.5, 0.6) is 0 Å². The van der Waals surface area contributed by atoms with Gasteiger partial charge in [-0.25, -0.2) is 0 Å². The summed E-state index contributed by atoms with van der Waals surface area (Å²) in [6, 6.07) is 153. The van der Waals surface area contributed by atoms with Gasteiger partial charge < -0.3 is 23.2 Å². The van der Waals surface area contributed by atoms with Crippen LogP contribution >= 0.6 is 0 Å². The van der Waals surface area contributed by atoms with Gasteiger partial charge in [0.25, 0.3) is 5.56 Å². The number of pyridine rings is 1. The fourth-order valence-electron chi connectivity index (χ4n) is 23.3. The summed E-state index contributed by atoms with van der Waals surface area (Å²) in [4.78, 5) is 19.2. The van der Waals surface area contributed by atoms with Crippen LogP contribution in [0.1, 0.15) is 34.7 Å². The number of para-hydroxylation sites is 7. The Balaban J connectivity index is 0.582. The quantitative estimate of drug-likeness (QED) is 0.156. The highest BCUT2D eigenvalue weighted by Gasteiger charge is 2.54. The Hall–Kier alpha value is -16.9. The molecule has 0 saturated carbocycles. The lowest BCUT2D eigenvalue weighted by Crippen LogP contribution is -2.44. The molecule has 0 radical (unpaired) electrons. The number of aromatic nitrogens is 5. The molecule has 129 heavy (non-hydrogen) atoms. The predicted molar refractivity (Wildman–Crippen MR) is 530 cm³/mol. The van der Waals surface area contributed by atoms with E-state index in [4.69, 9.17) is 4.42 Å². The Morgan fingerprint density at radius 1 is 0.256 bits per heavy atom. The van der Waals surface area contributed by atoms with Gasteiger partial charge in [0.15, 0.2) is 5.72 Å². The van der Waals surface area contributed by atoms with E-state index in [1.165, 1.54) is 33.4 Å². The number of aliphatic hydroxyl groups is 1. The van der Waals surface area contributed by atoms with Crippen LogP contribution in [0.4, 0.5) is 11.5 Å². The van der Waals surface area contributed by atoms with Crippen molar-refractivity contribution in [1.29, 1.82) is 0 Å². The molecule has 1 aliphatic heterocycles. The summed E-state index contributed by atoms with van der Waals surface area (Å²) in [5, 5.41) is 26.5. The summed E-state index contributed by atoms with van der Waals surface area (Å²) in [6.07, 6.45) is 0. The van der Waals surface area contributed by atoms with E-state index in [0.29, 0.717) is 5.52 Å². The monoisotopic (exact) mass is 1650 g/mol. The maximum absolute atomic E-state index is 16.9. The van der Waals surface area contributed by atoms with Crippen LogP contribution in [0.2, 0.25) is 0 Å². The van der Waals surface area contributed by atoms with Crippen LogP contribution in [0, 0.1) is 0 Å². The van der Waals surface area contributed by atoms with Crippen molar-refractivity contribution in [1.82, 2.24) is 22.8 Å². The van der Waals surface area contributed by atoms with Crippen molar-refractivity contribution in [3.05, 3.63) is 463 Å². The Bertz CT molecular complexity index is 9230. The van der Waals surface area contributed by atoms with Gasteiger partial charge in [-0.3, -0.25) is 18.8 Å². The zero-order valence-corrected chi connectivity index (χ0v) is 69.9. The van der Waals surface area contributed by atoms with E-state index in [9.17, 15) is 5.11 Å². The van der Waals surface area contributed by atoms with Gasteiger partial charge in [0, 0.05) is 104 Å². The van der Waals surface area contributed by atoms with E-state index in [1.54, 1.807) is 0 Å². The Morgan fingerprint density at radius 3 is 1.36 bits per heavy atom. The van der Waals surface area contributed by atoms with E-state index in [-0.39, 0.29) is 5.56 Å². The summed E-state index contributed by atoms with van der Waals surface area (Å²) < 4.78 is 18.1. The van der Waals surface area contributed by atoms with E-state index in [2.05, 4.69) is 436 Å². The number of furan rings is 1. The van der Waals surface area contributed by atoms with Gasteiger partial charge in [0.05, 0.1) is 55.4 Å². The first kappa shape index (κ1) is 71.6. The lowest BCUT2D eigenvalue weighted by molar-refractivity contribution is 0.0629. The van der Waals surface area contributed by atoms with E-state index in [1.807, 2.05) is 23.6 Å². The van der Waals surface area contributed by atoms with Gasteiger partial charge in [-0.05, 0) is 212 Å². The van der Waals surface area contributed by atoms with Gasteiger partial charge in [0.2, 0.25) is 0 Å². The molecule has 0 bridgehead atoms. The minimum atomic E-state index is -1.53. The molecule has 1 atom stereocenters. The van der Waals surface area contributed by atoms with Crippen LogP contribution in [0.25, 0.3) is 215 Å². The number of rotatable bonds is 9. The molecule has 28 rings (SSSR count). The van der Waals surface area contributed by atoms with Gasteiger partial charge in [0.1, 0.15) is 22.5 Å². The molecule has 602 valence electrons. The lowest BCUT2D eigenvalue weighted by Gasteiger charge is -2.45. The van der Waals surface area contributed by atoms with Crippen molar-refractivity contribution < 1.29 is 9.52 Å². The standard InChI is InChI=1S/C120H74N6O3/c1-119(128)97-45-16-10-37-90(97)113-96-69-74(59-65-108(96)124(77-30-6-3-7-31-77)117(113)126(119)110-54-27-49-101-114(110)91-38-11-19-48-100(91)120(101)98-46-17-8-32-83(98)84-33-9-18-47-99(84)120)73-58-64-106-93(68-73)86-34-12-20-50-102(86)122(106)78-61-56-72(57-62-78)80-40-24-43-85-82(80)42-26-53-104(85)125-109-66-60-75(81-41-25-44-89-88-36-15-23-55-111(88)129-116(81)89)70-95(109)112-92-39-14-22-52-105(92)123(115(112)118(125)127)79-63-67-107-94(71-79)87-35-13-21-51-103(87)121(107)76-28-4-2-5-29-76/h2-71,128H,1H3. The third kappa shape index (κ3) is 9.72. The molecule has 0 amide bonds. The van der Waals surface area contributed by atoms with Gasteiger partial charge >= 0.3 is 0 Å². The van der Waals surface area contributed by atoms with Crippen LogP contribution in [-0.2, 0) is 11.1 Å². The maximum atomic E-state index is 16.9. The average molecular weight is 1650 g/mol. The Labute approximate surface area is 739 Å². The molecule has 1 unspecified atom stereocenters. The van der Waals surface area contributed by atoms with Crippen molar-refractivity contribution in [3.63, 3.8) is 0 Å². The summed E-state index contributed by atoms with van der Waals surface area (Å²) in [7, 11) is 0. The first-order valence-corrected chi connectivity index (χ1v) is 44.3. The molecule has 0 fully saturated rings. The predicted octanol–water partition coefficient (Wildman–Crippen LogP) is 29.6. The molecule has 1 N–H and O–H groups in total. The topological polar surface area (TPSA) is 78.3 Å². The smallest absolute Gasteiger partial charge is 0.280 e. The van der Waals surface area contributed by atoms with Crippen molar-refractivity contribution in [2.75, 3.05) is 4.90 Å². The van der Waals surface area contributed by atoms with Crippen LogP contribution in [-0.4, -0.2) is 27.9 Å². The number of hydrogen-bond donors (Lipinski definition) is 1. The second-order valence-corrected chi connectivity index (χ2v) is 35.0. The number of benzene rings is 19. The van der Waals surface area contributed by atoms with E-state index in [0.717, 1.165) is 216 Å². The summed E-state index contributed by atoms with van der Waals surface area (Å²) >= 11 is 0. The van der Waals surface area contributed by atoms with Gasteiger partial charge in [-0.1, -0.05) is 297 Å². The molecule has 3 aliphatic rings. The van der Waals surface area contributed by atoms with Crippen LogP contribution in [0.15, 0.2) is 434 Å². The summed E-state index contributed by atoms with van der Waals surface area (Å²) in [6.45, 7) is 1.98.